The number of hydrogen-bond donors (Lipinski definition) is 0. The van der Waals surface area contributed by atoms with Crippen molar-refractivity contribution in [1.82, 2.24) is 15.1 Å². The van der Waals surface area contributed by atoms with E-state index >= 15 is 0 Å². The van der Waals surface area contributed by atoms with Crippen LogP contribution in [-0.4, -0.2) is 47.2 Å². The second-order valence-electron chi connectivity index (χ2n) is 4.91. The maximum absolute atomic E-state index is 12.3. The minimum atomic E-state index is 0.183. The Bertz CT molecular complexity index is 397. The van der Waals surface area contributed by atoms with E-state index in [4.69, 9.17) is 0 Å². The van der Waals surface area contributed by atoms with E-state index in [0.29, 0.717) is 5.91 Å². The zero-order valence-corrected chi connectivity index (χ0v) is 11.7. The third kappa shape index (κ3) is 3.22. The zero-order valence-electron chi connectivity index (χ0n) is 11.7. The normalized spacial score (nSPS) is 15.9. The molecule has 19 heavy (non-hydrogen) atoms. The maximum atomic E-state index is 12.3. The molecule has 5 nitrogen and oxygen atoms in total. The Hall–Kier alpha value is -1.65. The molecule has 0 atom stereocenters. The van der Waals surface area contributed by atoms with Crippen molar-refractivity contribution in [1.29, 1.82) is 0 Å². The van der Waals surface area contributed by atoms with Crippen molar-refractivity contribution in [3.8, 4) is 0 Å². The van der Waals surface area contributed by atoms with Crippen molar-refractivity contribution in [3.63, 3.8) is 0 Å². The van der Waals surface area contributed by atoms with E-state index < -0.39 is 0 Å². The van der Waals surface area contributed by atoms with Gasteiger partial charge in [-0.15, -0.1) is 5.10 Å². The summed E-state index contributed by atoms with van der Waals surface area (Å²) in [7, 11) is 0. The molecule has 0 saturated carbocycles. The molecular formula is C14H22N4O. The number of carbonyl (C=O) groups excluding carboxylic acids is 1. The topological polar surface area (TPSA) is 49.3 Å². The molecule has 1 aliphatic rings. The molecule has 0 aromatic carbocycles. The maximum Gasteiger partial charge on any atom is 0.225 e. The minimum Gasteiger partial charge on any atom is -0.352 e. The van der Waals surface area contributed by atoms with Gasteiger partial charge in [0.2, 0.25) is 5.91 Å². The van der Waals surface area contributed by atoms with Gasteiger partial charge in [0.05, 0.1) is 0 Å². The van der Waals surface area contributed by atoms with Gasteiger partial charge in [-0.05, 0) is 25.0 Å². The van der Waals surface area contributed by atoms with Crippen LogP contribution in [0.1, 0.15) is 26.7 Å². The molecule has 0 N–H and O–H groups in total. The molecule has 0 unspecified atom stereocenters. The van der Waals surface area contributed by atoms with Crippen LogP contribution in [0, 0.1) is 5.92 Å². The van der Waals surface area contributed by atoms with E-state index in [1.165, 1.54) is 0 Å². The van der Waals surface area contributed by atoms with Gasteiger partial charge in [-0.3, -0.25) is 4.79 Å². The number of amides is 1. The molecule has 2 heterocycles. The second-order valence-corrected chi connectivity index (χ2v) is 4.91. The lowest BCUT2D eigenvalue weighted by atomic mass is 10.0. The number of carbonyl (C=O) groups is 1. The van der Waals surface area contributed by atoms with Gasteiger partial charge in [0.15, 0.2) is 5.82 Å². The third-order valence-electron chi connectivity index (χ3n) is 3.81. The Morgan fingerprint density at radius 3 is 2.47 bits per heavy atom. The van der Waals surface area contributed by atoms with Crippen molar-refractivity contribution >= 4 is 11.7 Å². The van der Waals surface area contributed by atoms with Gasteiger partial charge in [0.25, 0.3) is 0 Å². The first-order valence-corrected chi connectivity index (χ1v) is 7.07. The number of piperazine rings is 1. The molecule has 1 fully saturated rings. The molecule has 1 aromatic rings. The van der Waals surface area contributed by atoms with Crippen molar-refractivity contribution in [2.45, 2.75) is 26.7 Å². The Morgan fingerprint density at radius 2 is 1.95 bits per heavy atom. The minimum absolute atomic E-state index is 0.183. The van der Waals surface area contributed by atoms with Gasteiger partial charge in [-0.1, -0.05) is 13.8 Å². The lowest BCUT2D eigenvalue weighted by Crippen LogP contribution is -2.50. The van der Waals surface area contributed by atoms with E-state index in [-0.39, 0.29) is 5.92 Å². The van der Waals surface area contributed by atoms with Crippen LogP contribution in [0.5, 0.6) is 0 Å². The van der Waals surface area contributed by atoms with Gasteiger partial charge in [0, 0.05) is 38.3 Å². The Kier molecular flexibility index (Phi) is 4.71. The SMILES string of the molecule is CCC(CC)C(=O)N1CCN(c2cccnn2)CC1. The molecule has 1 amide bonds. The smallest absolute Gasteiger partial charge is 0.225 e. The summed E-state index contributed by atoms with van der Waals surface area (Å²) in [6, 6.07) is 3.86. The summed E-state index contributed by atoms with van der Waals surface area (Å²) in [5, 5.41) is 8.01. The summed E-state index contributed by atoms with van der Waals surface area (Å²) >= 11 is 0. The van der Waals surface area contributed by atoms with Crippen molar-refractivity contribution in [3.05, 3.63) is 18.3 Å². The van der Waals surface area contributed by atoms with Crippen LogP contribution in [0.2, 0.25) is 0 Å². The standard InChI is InChI=1S/C14H22N4O/c1-3-12(4-2)14(19)18-10-8-17(9-11-18)13-6-5-7-15-16-13/h5-7,12H,3-4,8-11H2,1-2H3. The van der Waals surface area contributed by atoms with Crippen LogP contribution in [0.15, 0.2) is 18.3 Å². The lowest BCUT2D eigenvalue weighted by molar-refractivity contribution is -0.136. The van der Waals surface area contributed by atoms with Crippen LogP contribution in [0.3, 0.4) is 0 Å². The fraction of sp³-hybridized carbons (Fsp3) is 0.643. The highest BCUT2D eigenvalue weighted by atomic mass is 16.2. The van der Waals surface area contributed by atoms with E-state index in [2.05, 4.69) is 28.9 Å². The van der Waals surface area contributed by atoms with Crippen molar-refractivity contribution < 1.29 is 4.79 Å². The van der Waals surface area contributed by atoms with Crippen LogP contribution in [0.4, 0.5) is 5.82 Å². The predicted octanol–water partition coefficient (Wildman–Crippen LogP) is 1.56. The average Bonchev–Trinajstić information content (AvgIpc) is 2.49. The fourth-order valence-corrected chi connectivity index (χ4v) is 2.51. The first kappa shape index (κ1) is 13.8. The molecule has 5 heteroatoms. The van der Waals surface area contributed by atoms with E-state index in [9.17, 15) is 4.79 Å². The van der Waals surface area contributed by atoms with Gasteiger partial charge < -0.3 is 9.80 Å². The highest BCUT2D eigenvalue weighted by Gasteiger charge is 2.25. The average molecular weight is 262 g/mol. The molecule has 0 aliphatic carbocycles. The summed E-state index contributed by atoms with van der Waals surface area (Å²) < 4.78 is 0. The Morgan fingerprint density at radius 1 is 1.26 bits per heavy atom. The largest absolute Gasteiger partial charge is 0.352 e. The molecule has 0 bridgehead atoms. The molecule has 104 valence electrons. The fourth-order valence-electron chi connectivity index (χ4n) is 2.51. The second kappa shape index (κ2) is 6.50. The molecular weight excluding hydrogens is 240 g/mol. The summed E-state index contributed by atoms with van der Waals surface area (Å²) in [6.45, 7) is 7.41. The quantitative estimate of drug-likeness (QED) is 0.826. The molecule has 1 saturated heterocycles. The molecule has 0 spiro atoms. The number of nitrogens with zero attached hydrogens (tertiary/aromatic N) is 4. The Labute approximate surface area is 114 Å². The number of rotatable bonds is 4. The van der Waals surface area contributed by atoms with Gasteiger partial charge in [-0.25, -0.2) is 0 Å². The van der Waals surface area contributed by atoms with E-state index in [1.807, 2.05) is 17.0 Å². The van der Waals surface area contributed by atoms with Crippen LogP contribution >= 0.6 is 0 Å². The van der Waals surface area contributed by atoms with Gasteiger partial charge in [-0.2, -0.15) is 5.10 Å². The summed E-state index contributed by atoms with van der Waals surface area (Å²) in [5.41, 5.74) is 0. The van der Waals surface area contributed by atoms with Crippen LogP contribution < -0.4 is 4.90 Å². The Balaban J connectivity index is 1.91. The number of anilines is 1. The van der Waals surface area contributed by atoms with Gasteiger partial charge in [0.1, 0.15) is 0 Å². The van der Waals surface area contributed by atoms with E-state index in [1.54, 1.807) is 6.20 Å². The predicted molar refractivity (Wildman–Crippen MR) is 74.9 cm³/mol. The third-order valence-corrected chi connectivity index (χ3v) is 3.81. The highest BCUT2D eigenvalue weighted by molar-refractivity contribution is 5.79. The zero-order chi connectivity index (χ0) is 13.7. The molecule has 0 radical (unpaired) electrons. The lowest BCUT2D eigenvalue weighted by Gasteiger charge is -2.36. The van der Waals surface area contributed by atoms with E-state index in [0.717, 1.165) is 44.8 Å². The van der Waals surface area contributed by atoms with Crippen LogP contribution in [-0.2, 0) is 4.79 Å². The monoisotopic (exact) mass is 262 g/mol. The van der Waals surface area contributed by atoms with Crippen molar-refractivity contribution in [2.75, 3.05) is 31.1 Å². The number of hydrogen-bond acceptors (Lipinski definition) is 4. The molecule has 2 rings (SSSR count). The van der Waals surface area contributed by atoms with Crippen molar-refractivity contribution in [2.24, 2.45) is 5.92 Å². The van der Waals surface area contributed by atoms with Crippen LogP contribution in [0.25, 0.3) is 0 Å². The summed E-state index contributed by atoms with van der Waals surface area (Å²) in [5.74, 6) is 1.39. The van der Waals surface area contributed by atoms with Gasteiger partial charge >= 0.3 is 0 Å². The molecule has 1 aliphatic heterocycles. The first-order chi connectivity index (χ1) is 9.26. The molecule has 1 aromatic heterocycles. The first-order valence-electron chi connectivity index (χ1n) is 7.07. The summed E-state index contributed by atoms with van der Waals surface area (Å²) in [6.07, 6.45) is 3.54. The summed E-state index contributed by atoms with van der Waals surface area (Å²) in [4.78, 5) is 16.5. The number of aromatic nitrogens is 2. The highest BCUT2D eigenvalue weighted by Crippen LogP contribution is 2.16.